The molecule has 1 saturated carbocycles. The number of hydrogen-bond acceptors (Lipinski definition) is 6. The highest BCUT2D eigenvalue weighted by Gasteiger charge is 2.25. The van der Waals surface area contributed by atoms with Crippen molar-refractivity contribution >= 4 is 28.1 Å². The molecule has 3 heterocycles. The van der Waals surface area contributed by atoms with Gasteiger partial charge in [-0.05, 0) is 77.0 Å². The van der Waals surface area contributed by atoms with Gasteiger partial charge in [-0.1, -0.05) is 17.4 Å². The molecule has 0 saturated heterocycles. The van der Waals surface area contributed by atoms with E-state index < -0.39 is 5.67 Å². The normalized spacial score (nSPS) is 21.0. The van der Waals surface area contributed by atoms with E-state index in [-0.39, 0.29) is 18.6 Å². The predicted octanol–water partition coefficient (Wildman–Crippen LogP) is 4.94. The second-order valence-electron chi connectivity index (χ2n) is 11.2. The zero-order chi connectivity index (χ0) is 26.0. The Bertz CT molecular complexity index is 1200. The number of ether oxygens (including phenoxy) is 1. The number of hydrogen-bond donors (Lipinski definition) is 1. The van der Waals surface area contributed by atoms with Crippen molar-refractivity contribution in [3.8, 4) is 5.19 Å². The molecule has 200 valence electrons. The maximum atomic E-state index is 13.7. The molecule has 0 spiro atoms. The smallest absolute Gasteiger partial charge is 0.273 e. The molecule has 7 nitrogen and oxygen atoms in total. The van der Waals surface area contributed by atoms with Crippen molar-refractivity contribution in [1.29, 1.82) is 0 Å². The summed E-state index contributed by atoms with van der Waals surface area (Å²) in [5.41, 5.74) is 1.34. The highest BCUT2D eigenvalue weighted by molar-refractivity contribution is 7.13. The second kappa shape index (κ2) is 11.1. The van der Waals surface area contributed by atoms with E-state index in [0.29, 0.717) is 10.8 Å². The molecule has 9 heteroatoms. The molecule has 37 heavy (non-hydrogen) atoms. The molecule has 1 N–H and O–H groups in total. The van der Waals surface area contributed by atoms with Crippen LogP contribution in [0.4, 0.5) is 4.39 Å². The van der Waals surface area contributed by atoms with Crippen LogP contribution in [0, 0.1) is 5.92 Å². The summed E-state index contributed by atoms with van der Waals surface area (Å²) in [6.07, 6.45) is 9.44. The standard InChI is InChI=1S/C28H38FN5O2S/c1-28(2,29)18-36-27-31-24-12-15-34(16-13-25(24)37-27)14-11-19-7-9-20(10-8-19)30-26(35)21-5-4-6-23-22(21)17-33(3)32-23/h4-6,17,19-20H,7-16,18H2,1-3H3,(H,30,35)/t19-,20-. The lowest BCUT2D eigenvalue weighted by atomic mass is 9.84. The highest BCUT2D eigenvalue weighted by Crippen LogP contribution is 2.31. The molecule has 0 bridgehead atoms. The Kier molecular flexibility index (Phi) is 7.81. The van der Waals surface area contributed by atoms with Gasteiger partial charge < -0.3 is 15.0 Å². The van der Waals surface area contributed by atoms with Crippen molar-refractivity contribution in [3.05, 3.63) is 40.5 Å². The van der Waals surface area contributed by atoms with Gasteiger partial charge in [0.05, 0.1) is 16.8 Å². The summed E-state index contributed by atoms with van der Waals surface area (Å²) < 4.78 is 21.1. The lowest BCUT2D eigenvalue weighted by Gasteiger charge is -2.30. The van der Waals surface area contributed by atoms with Crippen LogP contribution in [-0.2, 0) is 19.9 Å². The molecule has 2 aromatic heterocycles. The van der Waals surface area contributed by atoms with Gasteiger partial charge in [0, 0.05) is 49.1 Å². The summed E-state index contributed by atoms with van der Waals surface area (Å²) in [6.45, 7) is 6.24. The quantitative estimate of drug-likeness (QED) is 0.450. The van der Waals surface area contributed by atoms with Crippen molar-refractivity contribution in [2.75, 3.05) is 26.2 Å². The minimum atomic E-state index is -1.35. The van der Waals surface area contributed by atoms with E-state index in [9.17, 15) is 9.18 Å². The predicted molar refractivity (Wildman–Crippen MR) is 145 cm³/mol. The molecule has 0 radical (unpaired) electrons. The third-order valence-electron chi connectivity index (χ3n) is 7.56. The minimum Gasteiger partial charge on any atom is -0.467 e. The van der Waals surface area contributed by atoms with Crippen LogP contribution in [0.3, 0.4) is 0 Å². The summed E-state index contributed by atoms with van der Waals surface area (Å²) >= 11 is 1.58. The Balaban J connectivity index is 1.04. The van der Waals surface area contributed by atoms with Crippen LogP contribution in [0.25, 0.3) is 10.9 Å². The van der Waals surface area contributed by atoms with Crippen LogP contribution in [0.15, 0.2) is 24.4 Å². The van der Waals surface area contributed by atoms with Crippen molar-refractivity contribution in [2.45, 2.75) is 70.5 Å². The van der Waals surface area contributed by atoms with E-state index in [2.05, 4.69) is 20.3 Å². The SMILES string of the molecule is Cn1cc2c(C(=O)N[C@H]3CC[C@H](CCN4CCc5nc(OCC(C)(C)F)sc5CC4)CC3)cccc2n1. The summed E-state index contributed by atoms with van der Waals surface area (Å²) in [4.78, 5) is 21.4. The topological polar surface area (TPSA) is 72.3 Å². The number of halogens is 1. The molecule has 1 aliphatic heterocycles. The number of carbonyl (C=O) groups excluding carboxylic acids is 1. The van der Waals surface area contributed by atoms with Crippen LogP contribution >= 0.6 is 11.3 Å². The zero-order valence-electron chi connectivity index (χ0n) is 22.1. The van der Waals surface area contributed by atoms with Gasteiger partial charge in [0.1, 0.15) is 12.3 Å². The third kappa shape index (κ3) is 6.68. The van der Waals surface area contributed by atoms with E-state index in [0.717, 1.165) is 80.7 Å². The number of carbonyl (C=O) groups is 1. The Hall–Kier alpha value is -2.52. The second-order valence-corrected chi connectivity index (χ2v) is 12.3. The summed E-state index contributed by atoms with van der Waals surface area (Å²) in [6, 6.07) is 5.98. The van der Waals surface area contributed by atoms with Gasteiger partial charge in [0.25, 0.3) is 11.1 Å². The molecular weight excluding hydrogens is 489 g/mol. The third-order valence-corrected chi connectivity index (χ3v) is 8.63. The van der Waals surface area contributed by atoms with Crippen molar-refractivity contribution < 1.29 is 13.9 Å². The minimum absolute atomic E-state index is 0.00894. The Morgan fingerprint density at radius 1 is 1.22 bits per heavy atom. The summed E-state index contributed by atoms with van der Waals surface area (Å²) in [5.74, 6) is 0.726. The fourth-order valence-corrected chi connectivity index (χ4v) is 6.43. The van der Waals surface area contributed by atoms with Gasteiger partial charge in [-0.3, -0.25) is 9.48 Å². The summed E-state index contributed by atoms with van der Waals surface area (Å²) in [5, 5.41) is 9.20. The zero-order valence-corrected chi connectivity index (χ0v) is 23.0. The lowest BCUT2D eigenvalue weighted by molar-refractivity contribution is 0.0921. The fraction of sp³-hybridized carbons (Fsp3) is 0.607. The Morgan fingerprint density at radius 2 is 2.00 bits per heavy atom. The molecule has 3 aromatic rings. The van der Waals surface area contributed by atoms with E-state index in [1.807, 2.05) is 31.4 Å². The number of fused-ring (bicyclic) bond motifs is 2. The average molecular weight is 528 g/mol. The van der Waals surface area contributed by atoms with E-state index in [4.69, 9.17) is 4.74 Å². The van der Waals surface area contributed by atoms with Gasteiger partial charge in [-0.2, -0.15) is 5.10 Å². The molecular formula is C28H38FN5O2S. The van der Waals surface area contributed by atoms with Crippen LogP contribution in [-0.4, -0.2) is 63.5 Å². The number of amides is 1. The summed E-state index contributed by atoms with van der Waals surface area (Å²) in [7, 11) is 1.88. The molecule has 1 fully saturated rings. The van der Waals surface area contributed by atoms with Crippen molar-refractivity contribution in [3.63, 3.8) is 0 Å². The number of thiazole rings is 1. The molecule has 1 amide bonds. The highest BCUT2D eigenvalue weighted by atomic mass is 32.1. The van der Waals surface area contributed by atoms with Gasteiger partial charge in [-0.15, -0.1) is 0 Å². The Morgan fingerprint density at radius 3 is 2.78 bits per heavy atom. The van der Waals surface area contributed by atoms with Gasteiger partial charge in [-0.25, -0.2) is 9.37 Å². The number of alkyl halides is 1. The number of rotatable bonds is 8. The largest absolute Gasteiger partial charge is 0.467 e. The van der Waals surface area contributed by atoms with E-state index >= 15 is 0 Å². The first kappa shape index (κ1) is 26.1. The first-order valence-electron chi connectivity index (χ1n) is 13.5. The van der Waals surface area contributed by atoms with E-state index in [1.54, 1.807) is 16.0 Å². The lowest BCUT2D eigenvalue weighted by Crippen LogP contribution is -2.38. The van der Waals surface area contributed by atoms with Crippen molar-refractivity contribution in [2.24, 2.45) is 13.0 Å². The van der Waals surface area contributed by atoms with Crippen LogP contribution in [0.2, 0.25) is 0 Å². The van der Waals surface area contributed by atoms with Gasteiger partial charge in [0.2, 0.25) is 0 Å². The molecule has 0 unspecified atom stereocenters. The first-order valence-corrected chi connectivity index (χ1v) is 14.3. The number of nitrogens with zero attached hydrogens (tertiary/aromatic N) is 4. The van der Waals surface area contributed by atoms with Gasteiger partial charge in [0.15, 0.2) is 0 Å². The molecule has 1 aromatic carbocycles. The molecule has 1 aliphatic carbocycles. The average Bonchev–Trinajstić information content (AvgIpc) is 3.39. The number of benzene rings is 1. The number of aromatic nitrogens is 3. The van der Waals surface area contributed by atoms with Crippen molar-refractivity contribution in [1.82, 2.24) is 25.0 Å². The molecule has 0 atom stereocenters. The molecule has 5 rings (SSSR count). The maximum Gasteiger partial charge on any atom is 0.273 e. The first-order chi connectivity index (χ1) is 17.7. The molecule has 2 aliphatic rings. The monoisotopic (exact) mass is 527 g/mol. The number of nitrogens with one attached hydrogen (secondary N) is 1. The van der Waals surface area contributed by atoms with Crippen LogP contribution < -0.4 is 10.1 Å². The number of aryl methyl sites for hydroxylation is 1. The van der Waals surface area contributed by atoms with E-state index in [1.165, 1.54) is 25.1 Å². The van der Waals surface area contributed by atoms with Crippen LogP contribution in [0.1, 0.15) is 66.9 Å². The fourth-order valence-electron chi connectivity index (χ4n) is 5.49. The maximum absolute atomic E-state index is 13.7. The van der Waals surface area contributed by atoms with Gasteiger partial charge >= 0.3 is 0 Å². The van der Waals surface area contributed by atoms with Crippen LogP contribution in [0.5, 0.6) is 5.19 Å². The Labute approximate surface area is 222 Å².